The normalized spacial score (nSPS) is 28.8. The number of ether oxygens (including phenoxy) is 1. The van der Waals surface area contributed by atoms with Crippen molar-refractivity contribution >= 4 is 11.9 Å². The van der Waals surface area contributed by atoms with Crippen molar-refractivity contribution in [2.45, 2.75) is 101 Å². The summed E-state index contributed by atoms with van der Waals surface area (Å²) < 4.78 is 5.11. The molecule has 0 spiro atoms. The molecule has 0 aliphatic heterocycles. The number of esters is 1. The van der Waals surface area contributed by atoms with Crippen molar-refractivity contribution < 1.29 is 62.5 Å². The Morgan fingerprint density at radius 3 is 1.65 bits per heavy atom. The zero-order chi connectivity index (χ0) is 26.4. The first-order chi connectivity index (χ1) is 16.6. The van der Waals surface area contributed by atoms with E-state index in [4.69, 9.17) is 4.74 Å². The molecule has 0 aromatic heterocycles. The number of aliphatic hydroxyl groups excluding tert-OH is 4. The lowest BCUT2D eigenvalue weighted by Gasteiger charge is -2.32. The largest absolute Gasteiger partial charge is 0.548 e. The molecule has 18 N–H and O–H groups in total. The molecule has 2 aliphatic rings. The van der Waals surface area contributed by atoms with E-state index in [1.165, 1.54) is 0 Å². The highest BCUT2D eigenvalue weighted by atomic mass is 16.5. The van der Waals surface area contributed by atoms with E-state index in [2.05, 4.69) is 33.6 Å². The van der Waals surface area contributed by atoms with Gasteiger partial charge in [-0.2, -0.15) is 5.43 Å². The average Bonchev–Trinajstić information content (AvgIpc) is 2.82. The molecule has 8 atom stereocenters. The summed E-state index contributed by atoms with van der Waals surface area (Å²) in [7, 11) is 0. The molecule has 0 heterocycles. The predicted octanol–water partition coefficient (Wildman–Crippen LogP) is -6.91. The highest BCUT2D eigenvalue weighted by Crippen LogP contribution is 2.29. The SMILES string of the molecule is CCCOC(=O)C(CC1CCC(O)C(O)C1)NN[NH3+].O.O.[NH3+]NNC(CC1CCC(O)C(O)C1)C(=O)[O-]. The third-order valence-electron chi connectivity index (χ3n) is 6.49. The van der Waals surface area contributed by atoms with Crippen LogP contribution in [0.15, 0.2) is 0 Å². The van der Waals surface area contributed by atoms with Crippen molar-refractivity contribution in [1.82, 2.24) is 21.9 Å². The van der Waals surface area contributed by atoms with Crippen molar-refractivity contribution in [1.29, 1.82) is 0 Å². The number of hydrogen-bond donors (Lipinski definition) is 10. The van der Waals surface area contributed by atoms with Gasteiger partial charge < -0.3 is 46.0 Å². The lowest BCUT2D eigenvalue weighted by Crippen LogP contribution is -2.73. The second-order valence-corrected chi connectivity index (χ2v) is 9.33. The summed E-state index contributed by atoms with van der Waals surface area (Å²) in [5.41, 5.74) is 10.1. The summed E-state index contributed by atoms with van der Waals surface area (Å²) in [5.74, 6) is 5.50. The molecule has 37 heavy (non-hydrogen) atoms. The monoisotopic (exact) mass is 545 g/mol. The molecule has 2 aliphatic carbocycles. The van der Waals surface area contributed by atoms with E-state index < -0.39 is 42.5 Å². The van der Waals surface area contributed by atoms with Gasteiger partial charge in [-0.25, -0.2) is 5.43 Å². The molecule has 16 nitrogen and oxygen atoms in total. The van der Waals surface area contributed by atoms with Gasteiger partial charge in [0.25, 0.3) is 0 Å². The average molecular weight is 546 g/mol. The molecule has 0 aromatic rings. The number of carbonyl (C=O) groups is 2. The summed E-state index contributed by atoms with van der Waals surface area (Å²) in [6, 6.07) is -1.30. The molecule has 0 amide bonds. The molecule has 2 fully saturated rings. The molecule has 0 saturated heterocycles. The Hall–Kier alpha value is -1.54. The number of carboxylic acid groups (broad SMARTS) is 1. The van der Waals surface area contributed by atoms with Crippen molar-refractivity contribution in [2.24, 2.45) is 11.8 Å². The molecule has 16 heteroatoms. The molecular formula is C21H49N6O10+. The Balaban J connectivity index is 0. The smallest absolute Gasteiger partial charge is 0.324 e. The zero-order valence-electron chi connectivity index (χ0n) is 21.5. The first-order valence-electron chi connectivity index (χ1n) is 12.3. The number of carbonyl (C=O) groups excluding carboxylic acids is 2. The minimum atomic E-state index is -1.20. The standard InChI is InChI=1S/C12H25N3O4.C9H19N3O4.2H2O/c1-2-5-19-12(18)9(14-15-13)6-8-3-4-10(16)11(17)7-8;10-12-11-6(9(15)16)3-5-1-2-7(13)8(14)4-5;;/h8-11,14-17H,2-7,13H2,1H3;5-8,11-14H,1-4,10H2,(H,15,16);2*1H2/p+1. The number of carboxylic acids is 1. The van der Waals surface area contributed by atoms with Crippen molar-refractivity contribution in [3.8, 4) is 0 Å². The minimum Gasteiger partial charge on any atom is -0.548 e. The lowest BCUT2D eigenvalue weighted by molar-refractivity contribution is -0.459. The van der Waals surface area contributed by atoms with Crippen LogP contribution in [-0.4, -0.2) is 86.4 Å². The highest BCUT2D eigenvalue weighted by Gasteiger charge is 2.32. The van der Waals surface area contributed by atoms with Gasteiger partial charge in [-0.1, -0.05) is 6.92 Å². The quantitative estimate of drug-likeness (QED) is 0.0807. The van der Waals surface area contributed by atoms with E-state index in [0.29, 0.717) is 51.6 Å². The molecule has 0 aromatic carbocycles. The first kappa shape index (κ1) is 37.6. The number of rotatable bonds is 12. The van der Waals surface area contributed by atoms with E-state index in [1.807, 2.05) is 6.92 Å². The summed E-state index contributed by atoms with van der Waals surface area (Å²) in [4.78, 5) is 22.6. The van der Waals surface area contributed by atoms with Crippen LogP contribution in [0, 0.1) is 11.8 Å². The fourth-order valence-electron chi connectivity index (χ4n) is 4.50. The van der Waals surface area contributed by atoms with Crippen LogP contribution in [0.3, 0.4) is 0 Å². The lowest BCUT2D eigenvalue weighted by atomic mass is 9.82. The third kappa shape index (κ3) is 14.3. The third-order valence-corrected chi connectivity index (χ3v) is 6.49. The maximum absolute atomic E-state index is 11.8. The number of aliphatic hydroxyl groups is 4. The molecule has 2 rings (SSSR count). The second kappa shape index (κ2) is 20.4. The van der Waals surface area contributed by atoms with Crippen molar-refractivity contribution in [2.75, 3.05) is 6.61 Å². The number of nitrogens with one attached hydrogen (secondary N) is 4. The van der Waals surface area contributed by atoms with Crippen molar-refractivity contribution in [3.63, 3.8) is 0 Å². The minimum absolute atomic E-state index is 0. The molecule has 0 radical (unpaired) electrons. The van der Waals surface area contributed by atoms with Gasteiger partial charge in [0.1, 0.15) is 6.04 Å². The molecule has 2 saturated carbocycles. The van der Waals surface area contributed by atoms with Gasteiger partial charge in [0.05, 0.1) is 43.0 Å². The van der Waals surface area contributed by atoms with Crippen LogP contribution < -0.4 is 38.7 Å². The molecule has 0 bridgehead atoms. The maximum atomic E-state index is 11.8. The Bertz CT molecular complexity index is 622. The zero-order valence-corrected chi connectivity index (χ0v) is 21.5. The topological polar surface area (TPSA) is 314 Å². The Morgan fingerprint density at radius 2 is 1.27 bits per heavy atom. The van der Waals surface area contributed by atoms with Gasteiger partial charge in [0, 0.05) is 0 Å². The van der Waals surface area contributed by atoms with Crippen LogP contribution in [0.25, 0.3) is 0 Å². The van der Waals surface area contributed by atoms with Gasteiger partial charge in [-0.05, 0) is 69.6 Å². The van der Waals surface area contributed by atoms with Crippen LogP contribution in [-0.2, 0) is 14.3 Å². The van der Waals surface area contributed by atoms with Crippen molar-refractivity contribution in [3.05, 3.63) is 0 Å². The maximum Gasteiger partial charge on any atom is 0.324 e. The van der Waals surface area contributed by atoms with Crippen LogP contribution >= 0.6 is 0 Å². The van der Waals surface area contributed by atoms with Gasteiger partial charge in [-0.15, -0.1) is 11.1 Å². The van der Waals surface area contributed by atoms with Gasteiger partial charge >= 0.3 is 5.97 Å². The second-order valence-electron chi connectivity index (χ2n) is 9.33. The summed E-state index contributed by atoms with van der Waals surface area (Å²) in [5, 5.41) is 48.7. The molecular weight excluding hydrogens is 496 g/mol. The number of quaternary nitrogens is 2. The van der Waals surface area contributed by atoms with E-state index in [-0.39, 0.29) is 28.8 Å². The van der Waals surface area contributed by atoms with E-state index >= 15 is 0 Å². The van der Waals surface area contributed by atoms with E-state index in [9.17, 15) is 35.1 Å². The van der Waals surface area contributed by atoms with Gasteiger partial charge in [0.2, 0.25) is 0 Å². The Morgan fingerprint density at radius 1 is 0.838 bits per heavy atom. The Labute approximate surface area is 216 Å². The van der Waals surface area contributed by atoms with E-state index in [1.54, 1.807) is 0 Å². The van der Waals surface area contributed by atoms with Crippen LogP contribution in [0.4, 0.5) is 0 Å². The molecule has 222 valence electrons. The first-order valence-corrected chi connectivity index (χ1v) is 12.3. The number of aliphatic carboxylic acids is 1. The summed E-state index contributed by atoms with van der Waals surface area (Å²) in [6.45, 7) is 2.34. The Kier molecular flexibility index (Phi) is 20.8. The van der Waals surface area contributed by atoms with E-state index in [0.717, 1.165) is 12.8 Å². The number of hydrogen-bond acceptors (Lipinski definition) is 12. The summed E-state index contributed by atoms with van der Waals surface area (Å²) >= 11 is 0. The predicted molar refractivity (Wildman–Crippen MR) is 127 cm³/mol. The summed E-state index contributed by atoms with van der Waals surface area (Å²) in [6.07, 6.45) is 2.44. The highest BCUT2D eigenvalue weighted by molar-refractivity contribution is 5.75. The van der Waals surface area contributed by atoms with Gasteiger partial charge in [-0.3, -0.25) is 16.5 Å². The van der Waals surface area contributed by atoms with Gasteiger partial charge in [0.15, 0.2) is 0 Å². The fraction of sp³-hybridized carbons (Fsp3) is 0.905. The van der Waals surface area contributed by atoms with Crippen LogP contribution in [0.1, 0.15) is 64.7 Å². The van der Waals surface area contributed by atoms with Crippen LogP contribution in [0.5, 0.6) is 0 Å². The molecule has 8 unspecified atom stereocenters. The van der Waals surface area contributed by atoms with Crippen LogP contribution in [0.2, 0.25) is 0 Å². The number of hydrazine groups is 2. The fourth-order valence-corrected chi connectivity index (χ4v) is 4.50.